The molecule has 2 N–H and O–H groups in total. The quantitative estimate of drug-likeness (QED) is 0.734. The smallest absolute Gasteiger partial charge is 0.222 e. The highest BCUT2D eigenvalue weighted by Crippen LogP contribution is 2.28. The molecule has 2 aromatic heterocycles. The van der Waals surface area contributed by atoms with Crippen LogP contribution in [-0.2, 0) is 13.5 Å². The highest BCUT2D eigenvalue weighted by atomic mass is 35.5. The molecule has 0 bridgehead atoms. The van der Waals surface area contributed by atoms with Gasteiger partial charge < -0.3 is 5.73 Å². The van der Waals surface area contributed by atoms with Crippen molar-refractivity contribution < 1.29 is 0 Å². The second-order valence-corrected chi connectivity index (χ2v) is 6.10. The second kappa shape index (κ2) is 6.18. The fourth-order valence-electron chi connectivity index (χ4n) is 2.48. The van der Waals surface area contributed by atoms with Crippen molar-refractivity contribution in [2.75, 3.05) is 5.73 Å². The maximum Gasteiger partial charge on any atom is 0.222 e. The van der Waals surface area contributed by atoms with Crippen LogP contribution in [0.3, 0.4) is 0 Å². The number of aryl methyl sites for hydroxylation is 1. The van der Waals surface area contributed by atoms with Crippen LogP contribution in [0.25, 0.3) is 11.4 Å². The molecule has 0 aliphatic heterocycles. The number of nitrogens with zero attached hydrogens (tertiary/aromatic N) is 4. The van der Waals surface area contributed by atoms with Crippen molar-refractivity contribution in [2.45, 2.75) is 13.3 Å². The first-order valence-electron chi connectivity index (χ1n) is 7.01. The van der Waals surface area contributed by atoms with E-state index in [1.54, 1.807) is 6.07 Å². The van der Waals surface area contributed by atoms with Gasteiger partial charge in [0.25, 0.3) is 0 Å². The lowest BCUT2D eigenvalue weighted by Gasteiger charge is -2.06. The Labute approximate surface area is 144 Å². The van der Waals surface area contributed by atoms with E-state index in [4.69, 9.17) is 28.9 Å². The van der Waals surface area contributed by atoms with Crippen LogP contribution < -0.4 is 5.73 Å². The van der Waals surface area contributed by atoms with Crippen LogP contribution in [0.15, 0.2) is 30.3 Å². The van der Waals surface area contributed by atoms with Gasteiger partial charge in [-0.25, -0.2) is 9.97 Å². The van der Waals surface area contributed by atoms with Crippen LogP contribution in [0.4, 0.5) is 5.95 Å². The molecule has 0 radical (unpaired) electrons. The number of nitrogens with two attached hydrogens (primary N) is 1. The molecule has 0 saturated carbocycles. The summed E-state index contributed by atoms with van der Waals surface area (Å²) in [4.78, 5) is 8.15. The van der Waals surface area contributed by atoms with Gasteiger partial charge in [-0.05, 0) is 24.6 Å². The molecule has 0 saturated heterocycles. The van der Waals surface area contributed by atoms with E-state index >= 15 is 0 Å². The number of anilines is 1. The van der Waals surface area contributed by atoms with Gasteiger partial charge in [-0.3, -0.25) is 4.68 Å². The minimum atomic E-state index is 0.129. The minimum Gasteiger partial charge on any atom is -0.368 e. The molecule has 1 aromatic carbocycles. The molecule has 23 heavy (non-hydrogen) atoms. The molecule has 0 aliphatic rings. The second-order valence-electron chi connectivity index (χ2n) is 5.28. The molecule has 0 atom stereocenters. The Hall–Kier alpha value is -2.11. The number of halogens is 2. The topological polar surface area (TPSA) is 69.6 Å². The third-order valence-corrected chi connectivity index (χ3v) is 4.11. The zero-order valence-electron chi connectivity index (χ0n) is 12.7. The van der Waals surface area contributed by atoms with Crippen LogP contribution in [0.5, 0.6) is 0 Å². The molecular weight excluding hydrogens is 333 g/mol. The number of hydrogen-bond acceptors (Lipinski definition) is 4. The normalized spacial score (nSPS) is 11.0. The summed E-state index contributed by atoms with van der Waals surface area (Å²) in [6.07, 6.45) is 0.692. The lowest BCUT2D eigenvalue weighted by molar-refractivity contribution is 0.740. The Morgan fingerprint density at radius 2 is 1.96 bits per heavy atom. The van der Waals surface area contributed by atoms with E-state index < -0.39 is 0 Å². The Kier molecular flexibility index (Phi) is 4.24. The number of rotatable bonds is 3. The van der Waals surface area contributed by atoms with E-state index in [0.29, 0.717) is 22.3 Å². The number of benzene rings is 1. The molecule has 7 heteroatoms. The van der Waals surface area contributed by atoms with E-state index in [1.165, 1.54) is 0 Å². The summed E-state index contributed by atoms with van der Waals surface area (Å²) in [5.41, 5.74) is 10.3. The fourth-order valence-corrected chi connectivity index (χ4v) is 2.88. The van der Waals surface area contributed by atoms with Crippen molar-refractivity contribution in [3.05, 3.63) is 57.3 Å². The summed E-state index contributed by atoms with van der Waals surface area (Å²) in [5.74, 6) is 0.129. The molecule has 0 amide bonds. The molecule has 0 spiro atoms. The fraction of sp³-hybridized carbons (Fsp3) is 0.188. The van der Waals surface area contributed by atoms with Crippen molar-refractivity contribution in [1.29, 1.82) is 0 Å². The molecule has 118 valence electrons. The Morgan fingerprint density at radius 1 is 1.17 bits per heavy atom. The molecule has 0 aliphatic carbocycles. The van der Waals surface area contributed by atoms with Crippen LogP contribution >= 0.6 is 23.2 Å². The zero-order valence-corrected chi connectivity index (χ0v) is 14.2. The maximum atomic E-state index is 6.08. The SMILES string of the molecule is Cc1c(Cc2cccc(Cl)c2)c(-c2cc(Cl)nc(N)n2)nn1C. The van der Waals surface area contributed by atoms with Gasteiger partial charge in [-0.2, -0.15) is 5.10 Å². The molecule has 2 heterocycles. The van der Waals surface area contributed by atoms with Gasteiger partial charge >= 0.3 is 0 Å². The minimum absolute atomic E-state index is 0.129. The van der Waals surface area contributed by atoms with Crippen molar-refractivity contribution in [2.24, 2.45) is 7.05 Å². The van der Waals surface area contributed by atoms with E-state index in [-0.39, 0.29) is 5.95 Å². The summed E-state index contributed by atoms with van der Waals surface area (Å²) in [6.45, 7) is 2.02. The third kappa shape index (κ3) is 3.30. The predicted molar refractivity (Wildman–Crippen MR) is 92.7 cm³/mol. The Bertz CT molecular complexity index is 853. The van der Waals surface area contributed by atoms with Crippen molar-refractivity contribution in [1.82, 2.24) is 19.7 Å². The molecule has 0 fully saturated rings. The summed E-state index contributed by atoms with van der Waals surface area (Å²) < 4.78 is 1.82. The number of nitrogen functional groups attached to an aromatic ring is 1. The van der Waals surface area contributed by atoms with Gasteiger partial charge in [-0.15, -0.1) is 0 Å². The summed E-state index contributed by atoms with van der Waals surface area (Å²) in [6, 6.07) is 9.43. The van der Waals surface area contributed by atoms with Crippen LogP contribution in [-0.4, -0.2) is 19.7 Å². The largest absolute Gasteiger partial charge is 0.368 e. The van der Waals surface area contributed by atoms with Crippen molar-refractivity contribution >= 4 is 29.2 Å². The van der Waals surface area contributed by atoms with E-state index in [0.717, 1.165) is 22.5 Å². The molecular formula is C16H15Cl2N5. The average Bonchev–Trinajstić information content (AvgIpc) is 2.75. The highest BCUT2D eigenvalue weighted by Gasteiger charge is 2.17. The van der Waals surface area contributed by atoms with E-state index in [1.807, 2.05) is 42.9 Å². The number of aromatic nitrogens is 4. The highest BCUT2D eigenvalue weighted by molar-refractivity contribution is 6.30. The molecule has 3 aromatic rings. The van der Waals surface area contributed by atoms with E-state index in [9.17, 15) is 0 Å². The molecule has 0 unspecified atom stereocenters. The van der Waals surface area contributed by atoms with Gasteiger partial charge in [0.05, 0.1) is 5.69 Å². The number of hydrogen-bond donors (Lipinski definition) is 1. The Balaban J connectivity index is 2.10. The van der Waals surface area contributed by atoms with Crippen molar-refractivity contribution in [3.63, 3.8) is 0 Å². The van der Waals surface area contributed by atoms with Gasteiger partial charge in [0.15, 0.2) is 0 Å². The van der Waals surface area contributed by atoms with Crippen LogP contribution in [0.2, 0.25) is 10.2 Å². The summed E-state index contributed by atoms with van der Waals surface area (Å²) in [7, 11) is 1.90. The zero-order chi connectivity index (χ0) is 16.6. The lowest BCUT2D eigenvalue weighted by Crippen LogP contribution is -1.99. The van der Waals surface area contributed by atoms with Gasteiger partial charge in [-0.1, -0.05) is 35.3 Å². The van der Waals surface area contributed by atoms with Crippen molar-refractivity contribution in [3.8, 4) is 11.4 Å². The molecule has 3 rings (SSSR count). The van der Waals surface area contributed by atoms with E-state index in [2.05, 4.69) is 15.1 Å². The first kappa shape index (κ1) is 15.8. The standard InChI is InChI=1S/C16H15Cl2N5/c1-9-12(7-10-4-3-5-11(17)6-10)15(22-23(9)2)13-8-14(18)21-16(19)20-13/h3-6,8H,7H2,1-2H3,(H2,19,20,21). The van der Waals surface area contributed by atoms with Gasteiger partial charge in [0.2, 0.25) is 5.95 Å². The first-order chi connectivity index (χ1) is 10.9. The van der Waals surface area contributed by atoms with Crippen LogP contribution in [0, 0.1) is 6.92 Å². The summed E-state index contributed by atoms with van der Waals surface area (Å²) >= 11 is 12.1. The molecule has 5 nitrogen and oxygen atoms in total. The monoisotopic (exact) mass is 347 g/mol. The predicted octanol–water partition coefficient (Wildman–Crippen LogP) is 3.67. The first-order valence-corrected chi connectivity index (χ1v) is 7.77. The Morgan fingerprint density at radius 3 is 2.65 bits per heavy atom. The van der Waals surface area contributed by atoms with Crippen LogP contribution in [0.1, 0.15) is 16.8 Å². The average molecular weight is 348 g/mol. The third-order valence-electron chi connectivity index (χ3n) is 3.68. The van der Waals surface area contributed by atoms with Gasteiger partial charge in [0, 0.05) is 35.8 Å². The maximum absolute atomic E-state index is 6.08. The summed E-state index contributed by atoms with van der Waals surface area (Å²) in [5, 5.41) is 5.56. The van der Waals surface area contributed by atoms with Gasteiger partial charge in [0.1, 0.15) is 10.8 Å². The lowest BCUT2D eigenvalue weighted by atomic mass is 10.0.